The summed E-state index contributed by atoms with van der Waals surface area (Å²) in [5, 5.41) is 15.6. The molecule has 0 radical (unpaired) electrons. The second-order valence-electron chi connectivity index (χ2n) is 5.09. The molecule has 2 aromatic rings. The lowest BCUT2D eigenvalue weighted by Crippen LogP contribution is -2.38. The molecule has 0 unspecified atom stereocenters. The molecule has 1 aromatic carbocycles. The minimum absolute atomic E-state index is 0.402. The van der Waals surface area contributed by atoms with E-state index < -0.39 is 17.9 Å². The van der Waals surface area contributed by atoms with Crippen LogP contribution in [0.4, 0.5) is 0 Å². The number of hydrogen-bond acceptors (Lipinski definition) is 3. The largest absolute Gasteiger partial charge is 0.480 e. The van der Waals surface area contributed by atoms with Gasteiger partial charge in [0, 0.05) is 0 Å². The number of carbonyl (C=O) groups is 2. The maximum atomic E-state index is 12.2. The number of carboxylic acid groups (broad SMARTS) is 1. The van der Waals surface area contributed by atoms with Crippen LogP contribution in [0.15, 0.2) is 30.5 Å². The van der Waals surface area contributed by atoms with E-state index in [9.17, 15) is 9.59 Å². The summed E-state index contributed by atoms with van der Waals surface area (Å²) in [4.78, 5) is 23.1. The molecule has 6 nitrogen and oxygen atoms in total. The molecule has 1 aromatic heterocycles. The van der Waals surface area contributed by atoms with E-state index in [2.05, 4.69) is 10.4 Å². The molecule has 0 fully saturated rings. The molecule has 0 aliphatic rings. The van der Waals surface area contributed by atoms with Crippen LogP contribution < -0.4 is 5.32 Å². The standard InChI is InChI=1S/C16H19N3O3/c1-4-13-12(15(20)18-11(3)16(21)22)9-17-19(13)14-8-6-5-7-10(14)2/h5-9,11H,4H2,1-3H3,(H,18,20)(H,21,22)/t11-/m0/s1. The minimum Gasteiger partial charge on any atom is -0.480 e. The zero-order valence-corrected chi connectivity index (χ0v) is 12.8. The number of benzene rings is 1. The van der Waals surface area contributed by atoms with Gasteiger partial charge in [-0.2, -0.15) is 5.10 Å². The van der Waals surface area contributed by atoms with Crippen molar-refractivity contribution in [3.8, 4) is 5.69 Å². The first-order valence-electron chi connectivity index (χ1n) is 7.12. The number of hydrogen-bond donors (Lipinski definition) is 2. The molecule has 0 aliphatic carbocycles. The van der Waals surface area contributed by atoms with Gasteiger partial charge in [-0.3, -0.25) is 9.59 Å². The average Bonchev–Trinajstić information content (AvgIpc) is 2.91. The number of rotatable bonds is 5. The Labute approximate surface area is 128 Å². The van der Waals surface area contributed by atoms with Crippen molar-refractivity contribution in [1.82, 2.24) is 15.1 Å². The fraction of sp³-hybridized carbons (Fsp3) is 0.312. The van der Waals surface area contributed by atoms with Gasteiger partial charge in [-0.05, 0) is 31.9 Å². The molecule has 0 aliphatic heterocycles. The number of para-hydroxylation sites is 1. The number of aromatic nitrogens is 2. The highest BCUT2D eigenvalue weighted by Crippen LogP contribution is 2.18. The van der Waals surface area contributed by atoms with Crippen LogP contribution in [0.25, 0.3) is 5.69 Å². The number of nitrogens with zero attached hydrogens (tertiary/aromatic N) is 2. The van der Waals surface area contributed by atoms with Crippen LogP contribution in [0, 0.1) is 6.92 Å². The quantitative estimate of drug-likeness (QED) is 0.884. The molecule has 2 rings (SSSR count). The van der Waals surface area contributed by atoms with Gasteiger partial charge in [-0.25, -0.2) is 4.68 Å². The maximum absolute atomic E-state index is 12.2. The van der Waals surface area contributed by atoms with Crippen LogP contribution in [-0.2, 0) is 11.2 Å². The van der Waals surface area contributed by atoms with Gasteiger partial charge in [0.05, 0.1) is 23.1 Å². The molecule has 0 saturated heterocycles. The lowest BCUT2D eigenvalue weighted by Gasteiger charge is -2.12. The van der Waals surface area contributed by atoms with E-state index in [1.807, 2.05) is 38.1 Å². The fourth-order valence-corrected chi connectivity index (χ4v) is 2.25. The first-order chi connectivity index (χ1) is 10.5. The van der Waals surface area contributed by atoms with Gasteiger partial charge in [-0.15, -0.1) is 0 Å². The summed E-state index contributed by atoms with van der Waals surface area (Å²) in [7, 11) is 0. The number of aryl methyl sites for hydroxylation is 1. The normalized spacial score (nSPS) is 12.0. The van der Waals surface area contributed by atoms with E-state index >= 15 is 0 Å². The van der Waals surface area contributed by atoms with E-state index in [1.165, 1.54) is 13.1 Å². The van der Waals surface area contributed by atoms with Crippen molar-refractivity contribution in [2.75, 3.05) is 0 Å². The number of carbonyl (C=O) groups excluding carboxylic acids is 1. The van der Waals surface area contributed by atoms with Gasteiger partial charge in [0.1, 0.15) is 6.04 Å². The Hall–Kier alpha value is -2.63. The second kappa shape index (κ2) is 6.43. The summed E-state index contributed by atoms with van der Waals surface area (Å²) in [6.07, 6.45) is 2.09. The predicted octanol–water partition coefficient (Wildman–Crippen LogP) is 1.95. The monoisotopic (exact) mass is 301 g/mol. The lowest BCUT2D eigenvalue weighted by molar-refractivity contribution is -0.138. The summed E-state index contributed by atoms with van der Waals surface area (Å²) in [6, 6.07) is 6.82. The maximum Gasteiger partial charge on any atom is 0.325 e. The van der Waals surface area contributed by atoms with Crippen molar-refractivity contribution in [2.24, 2.45) is 0 Å². The predicted molar refractivity (Wildman–Crippen MR) is 82.2 cm³/mol. The Morgan fingerprint density at radius 1 is 1.36 bits per heavy atom. The average molecular weight is 301 g/mol. The van der Waals surface area contributed by atoms with Crippen molar-refractivity contribution in [3.05, 3.63) is 47.3 Å². The summed E-state index contributed by atoms with van der Waals surface area (Å²) in [5.41, 5.74) is 3.11. The van der Waals surface area contributed by atoms with Gasteiger partial charge < -0.3 is 10.4 Å². The molecule has 116 valence electrons. The van der Waals surface area contributed by atoms with Crippen LogP contribution in [0.5, 0.6) is 0 Å². The number of carboxylic acids is 1. The molecule has 1 amide bonds. The Bertz CT molecular complexity index is 706. The molecule has 1 atom stereocenters. The zero-order valence-electron chi connectivity index (χ0n) is 12.8. The molecule has 0 saturated carbocycles. The third kappa shape index (κ3) is 3.00. The third-order valence-electron chi connectivity index (χ3n) is 3.51. The van der Waals surface area contributed by atoms with Gasteiger partial charge >= 0.3 is 5.97 Å². The van der Waals surface area contributed by atoms with Gasteiger partial charge in [0.25, 0.3) is 5.91 Å². The van der Waals surface area contributed by atoms with E-state index in [0.717, 1.165) is 16.9 Å². The fourth-order valence-electron chi connectivity index (χ4n) is 2.25. The molecule has 22 heavy (non-hydrogen) atoms. The summed E-state index contributed by atoms with van der Waals surface area (Å²) < 4.78 is 1.73. The number of amides is 1. The topological polar surface area (TPSA) is 84.2 Å². The highest BCUT2D eigenvalue weighted by molar-refractivity contribution is 5.97. The Morgan fingerprint density at radius 3 is 2.64 bits per heavy atom. The van der Waals surface area contributed by atoms with E-state index in [-0.39, 0.29) is 0 Å². The van der Waals surface area contributed by atoms with Crippen LogP contribution >= 0.6 is 0 Å². The van der Waals surface area contributed by atoms with Crippen molar-refractivity contribution >= 4 is 11.9 Å². The Kier molecular flexibility index (Phi) is 4.60. The molecular formula is C16H19N3O3. The van der Waals surface area contributed by atoms with Crippen molar-refractivity contribution in [2.45, 2.75) is 33.2 Å². The number of nitrogens with one attached hydrogen (secondary N) is 1. The van der Waals surface area contributed by atoms with Crippen LogP contribution in [-0.4, -0.2) is 32.8 Å². The van der Waals surface area contributed by atoms with Crippen molar-refractivity contribution in [3.63, 3.8) is 0 Å². The van der Waals surface area contributed by atoms with Crippen LogP contribution in [0.3, 0.4) is 0 Å². The molecule has 2 N–H and O–H groups in total. The van der Waals surface area contributed by atoms with Gasteiger partial charge in [0.15, 0.2) is 0 Å². The van der Waals surface area contributed by atoms with Crippen molar-refractivity contribution in [1.29, 1.82) is 0 Å². The third-order valence-corrected chi connectivity index (χ3v) is 3.51. The van der Waals surface area contributed by atoms with Crippen molar-refractivity contribution < 1.29 is 14.7 Å². The van der Waals surface area contributed by atoms with Crippen LogP contribution in [0.2, 0.25) is 0 Å². The van der Waals surface area contributed by atoms with E-state index in [1.54, 1.807) is 4.68 Å². The summed E-state index contributed by atoms with van der Waals surface area (Å²) in [5.74, 6) is -1.50. The summed E-state index contributed by atoms with van der Waals surface area (Å²) in [6.45, 7) is 5.34. The molecular weight excluding hydrogens is 282 g/mol. The second-order valence-corrected chi connectivity index (χ2v) is 5.09. The lowest BCUT2D eigenvalue weighted by atomic mass is 10.1. The van der Waals surface area contributed by atoms with E-state index in [4.69, 9.17) is 5.11 Å². The zero-order chi connectivity index (χ0) is 16.3. The Balaban J connectivity index is 2.38. The highest BCUT2D eigenvalue weighted by Gasteiger charge is 2.21. The first-order valence-corrected chi connectivity index (χ1v) is 7.12. The smallest absolute Gasteiger partial charge is 0.325 e. The van der Waals surface area contributed by atoms with Gasteiger partial charge in [0.2, 0.25) is 0 Å². The molecule has 0 bridgehead atoms. The Morgan fingerprint density at radius 2 is 2.05 bits per heavy atom. The molecule has 0 spiro atoms. The van der Waals surface area contributed by atoms with Gasteiger partial charge in [-0.1, -0.05) is 25.1 Å². The molecule has 6 heteroatoms. The molecule has 1 heterocycles. The number of aliphatic carboxylic acids is 1. The SMILES string of the molecule is CCc1c(C(=O)N[C@@H](C)C(=O)O)cnn1-c1ccccc1C. The van der Waals surface area contributed by atoms with Crippen LogP contribution in [0.1, 0.15) is 35.5 Å². The first kappa shape index (κ1) is 15.8. The highest BCUT2D eigenvalue weighted by atomic mass is 16.4. The summed E-state index contributed by atoms with van der Waals surface area (Å²) >= 11 is 0. The van der Waals surface area contributed by atoms with E-state index in [0.29, 0.717) is 12.0 Å². The minimum atomic E-state index is -1.07.